The van der Waals surface area contributed by atoms with Gasteiger partial charge < -0.3 is 9.47 Å². The van der Waals surface area contributed by atoms with Gasteiger partial charge in [0.2, 0.25) is 5.91 Å². The molecule has 1 aromatic heterocycles. The number of pyridine rings is 1. The molecule has 1 aliphatic rings. The maximum absolute atomic E-state index is 12.3. The summed E-state index contributed by atoms with van der Waals surface area (Å²) in [7, 11) is 3.18. The van der Waals surface area contributed by atoms with Crippen molar-refractivity contribution in [1.29, 1.82) is 0 Å². The first-order valence-corrected chi connectivity index (χ1v) is 9.54. The van der Waals surface area contributed by atoms with Gasteiger partial charge in [0.05, 0.1) is 31.5 Å². The molecule has 29 heavy (non-hydrogen) atoms. The Hall–Kier alpha value is -3.12. The van der Waals surface area contributed by atoms with Crippen molar-refractivity contribution < 1.29 is 14.3 Å². The lowest BCUT2D eigenvalue weighted by molar-refractivity contribution is -0.130. The molecule has 0 saturated carbocycles. The number of ether oxygens (including phenoxy) is 2. The first-order chi connectivity index (χ1) is 14.0. The quantitative estimate of drug-likeness (QED) is 0.590. The van der Waals surface area contributed by atoms with Crippen LogP contribution in [0.2, 0.25) is 5.15 Å². The number of nitrogens with zero attached hydrogens (tertiary/aromatic N) is 3. The third-order valence-electron chi connectivity index (χ3n) is 5.01. The third-order valence-corrected chi connectivity index (χ3v) is 5.32. The Morgan fingerprint density at radius 2 is 1.86 bits per heavy atom. The van der Waals surface area contributed by atoms with Crippen LogP contribution in [0, 0.1) is 0 Å². The number of hydrazone groups is 1. The minimum Gasteiger partial charge on any atom is -0.493 e. The molecule has 1 amide bonds. The number of hydrogen-bond donors (Lipinski definition) is 0. The Morgan fingerprint density at radius 1 is 1.10 bits per heavy atom. The van der Waals surface area contributed by atoms with Gasteiger partial charge in [0.25, 0.3) is 0 Å². The number of carbonyl (C=O) groups is 1. The fourth-order valence-electron chi connectivity index (χ4n) is 3.58. The number of para-hydroxylation sites is 1. The van der Waals surface area contributed by atoms with Crippen molar-refractivity contribution in [3.63, 3.8) is 0 Å². The second kappa shape index (κ2) is 7.72. The van der Waals surface area contributed by atoms with Crippen LogP contribution in [0.1, 0.15) is 30.5 Å². The number of aromatic nitrogens is 1. The molecule has 0 radical (unpaired) electrons. The monoisotopic (exact) mass is 409 g/mol. The molecule has 2 aromatic carbocycles. The van der Waals surface area contributed by atoms with Crippen molar-refractivity contribution in [2.75, 3.05) is 14.2 Å². The average molecular weight is 410 g/mol. The van der Waals surface area contributed by atoms with Crippen molar-refractivity contribution in [3.05, 3.63) is 64.8 Å². The highest BCUT2D eigenvalue weighted by Crippen LogP contribution is 2.38. The number of halogens is 1. The molecule has 0 unspecified atom stereocenters. The van der Waals surface area contributed by atoms with Gasteiger partial charge in [-0.05, 0) is 30.3 Å². The molecular weight excluding hydrogens is 390 g/mol. The first kappa shape index (κ1) is 19.2. The molecule has 0 bridgehead atoms. The van der Waals surface area contributed by atoms with Crippen molar-refractivity contribution in [1.82, 2.24) is 9.99 Å². The predicted octanol–water partition coefficient (Wildman–Crippen LogP) is 4.60. The maximum atomic E-state index is 12.3. The fourth-order valence-corrected chi connectivity index (χ4v) is 3.85. The molecule has 0 fully saturated rings. The Morgan fingerprint density at radius 3 is 2.59 bits per heavy atom. The van der Waals surface area contributed by atoms with Gasteiger partial charge in [-0.15, -0.1) is 0 Å². The Labute approximate surface area is 173 Å². The molecule has 4 rings (SSSR count). The van der Waals surface area contributed by atoms with Gasteiger partial charge in [-0.3, -0.25) is 4.79 Å². The van der Waals surface area contributed by atoms with Crippen LogP contribution in [0.3, 0.4) is 0 Å². The van der Waals surface area contributed by atoms with Crippen LogP contribution in [-0.2, 0) is 4.79 Å². The summed E-state index contributed by atoms with van der Waals surface area (Å²) in [6.45, 7) is 1.50. The molecule has 3 aromatic rings. The molecule has 7 heteroatoms. The summed E-state index contributed by atoms with van der Waals surface area (Å²) in [6, 6.07) is 15.0. The largest absolute Gasteiger partial charge is 0.493 e. The van der Waals surface area contributed by atoms with Crippen LogP contribution in [0.25, 0.3) is 10.9 Å². The normalized spacial score (nSPS) is 16.1. The smallest absolute Gasteiger partial charge is 0.240 e. The standard InChI is InChI=1S/C22H20ClN3O3/c1-13(27)26-19(16-10-14-6-4-5-7-17(14)24-22(16)23)12-18(25-26)15-8-9-20(28-2)21(11-15)29-3/h4-11,19H,12H2,1-3H3/t19-/m1/s1. The number of rotatable bonds is 4. The molecule has 0 saturated heterocycles. The van der Waals surface area contributed by atoms with Gasteiger partial charge >= 0.3 is 0 Å². The zero-order valence-electron chi connectivity index (χ0n) is 16.3. The summed E-state index contributed by atoms with van der Waals surface area (Å²) in [5.74, 6) is 1.09. The average Bonchev–Trinajstić information content (AvgIpc) is 3.18. The molecule has 148 valence electrons. The van der Waals surface area contributed by atoms with Crippen LogP contribution >= 0.6 is 11.6 Å². The van der Waals surface area contributed by atoms with Crippen LogP contribution in [0.4, 0.5) is 0 Å². The van der Waals surface area contributed by atoms with Crippen molar-refractivity contribution in [2.24, 2.45) is 5.10 Å². The maximum Gasteiger partial charge on any atom is 0.240 e. The second-order valence-corrected chi connectivity index (χ2v) is 7.12. The lowest BCUT2D eigenvalue weighted by Gasteiger charge is -2.21. The van der Waals surface area contributed by atoms with Crippen LogP contribution in [-0.4, -0.2) is 35.8 Å². The number of amides is 1. The highest BCUT2D eigenvalue weighted by molar-refractivity contribution is 6.30. The molecule has 0 N–H and O–H groups in total. The molecule has 0 aliphatic carbocycles. The summed E-state index contributed by atoms with van der Waals surface area (Å²) in [6.07, 6.45) is 0.523. The van der Waals surface area contributed by atoms with Gasteiger partial charge in [0, 0.05) is 29.9 Å². The first-order valence-electron chi connectivity index (χ1n) is 9.16. The fraction of sp³-hybridized carbons (Fsp3) is 0.227. The van der Waals surface area contributed by atoms with Crippen molar-refractivity contribution in [2.45, 2.75) is 19.4 Å². The number of benzene rings is 2. The highest BCUT2D eigenvalue weighted by atomic mass is 35.5. The van der Waals surface area contributed by atoms with Crippen LogP contribution in [0.15, 0.2) is 53.6 Å². The van der Waals surface area contributed by atoms with E-state index in [1.807, 2.05) is 48.5 Å². The van der Waals surface area contributed by atoms with E-state index < -0.39 is 0 Å². The lowest BCUT2D eigenvalue weighted by atomic mass is 9.98. The van der Waals surface area contributed by atoms with Crippen LogP contribution < -0.4 is 9.47 Å². The van der Waals surface area contributed by atoms with Crippen LogP contribution in [0.5, 0.6) is 11.5 Å². The highest BCUT2D eigenvalue weighted by Gasteiger charge is 2.33. The van der Waals surface area contributed by atoms with E-state index >= 15 is 0 Å². The molecule has 6 nitrogen and oxygen atoms in total. The van der Waals surface area contributed by atoms with Crippen molar-refractivity contribution >= 4 is 34.1 Å². The van der Waals surface area contributed by atoms with E-state index in [2.05, 4.69) is 10.1 Å². The lowest BCUT2D eigenvalue weighted by Crippen LogP contribution is -2.24. The van der Waals surface area contributed by atoms with Gasteiger partial charge in [0.15, 0.2) is 11.5 Å². The minimum atomic E-state index is -0.319. The number of fused-ring (bicyclic) bond motifs is 1. The summed E-state index contributed by atoms with van der Waals surface area (Å²) < 4.78 is 10.7. The van der Waals surface area contributed by atoms with Gasteiger partial charge in [-0.1, -0.05) is 29.8 Å². The zero-order valence-corrected chi connectivity index (χ0v) is 17.1. The molecule has 1 atom stereocenters. The molecule has 2 heterocycles. The Kier molecular flexibility index (Phi) is 5.11. The zero-order chi connectivity index (χ0) is 20.5. The van der Waals surface area contributed by atoms with Gasteiger partial charge in [0.1, 0.15) is 5.15 Å². The predicted molar refractivity (Wildman–Crippen MR) is 113 cm³/mol. The minimum absolute atomic E-state index is 0.158. The Bertz CT molecular complexity index is 1130. The third kappa shape index (κ3) is 3.51. The molecule has 0 spiro atoms. The van der Waals surface area contributed by atoms with E-state index in [9.17, 15) is 4.79 Å². The second-order valence-electron chi connectivity index (χ2n) is 6.76. The van der Waals surface area contributed by atoms with E-state index in [0.717, 1.165) is 27.7 Å². The summed E-state index contributed by atoms with van der Waals surface area (Å²) in [5, 5.41) is 7.41. The van der Waals surface area contributed by atoms with Crippen molar-refractivity contribution in [3.8, 4) is 11.5 Å². The Balaban J connectivity index is 1.74. The van der Waals surface area contributed by atoms with E-state index in [1.165, 1.54) is 11.9 Å². The van der Waals surface area contributed by atoms with E-state index in [-0.39, 0.29) is 11.9 Å². The topological polar surface area (TPSA) is 64.0 Å². The van der Waals surface area contributed by atoms with E-state index in [4.69, 9.17) is 21.1 Å². The van der Waals surface area contributed by atoms with Gasteiger partial charge in [-0.25, -0.2) is 9.99 Å². The van der Waals surface area contributed by atoms with E-state index in [1.54, 1.807) is 14.2 Å². The summed E-state index contributed by atoms with van der Waals surface area (Å²) >= 11 is 6.50. The molecule has 1 aliphatic heterocycles. The summed E-state index contributed by atoms with van der Waals surface area (Å²) in [4.78, 5) is 16.8. The summed E-state index contributed by atoms with van der Waals surface area (Å²) in [5.41, 5.74) is 3.23. The number of methoxy groups -OCH3 is 2. The van der Waals surface area contributed by atoms with E-state index in [0.29, 0.717) is 23.1 Å². The van der Waals surface area contributed by atoms with Gasteiger partial charge in [-0.2, -0.15) is 5.10 Å². The molecular formula is C22H20ClN3O3. The SMILES string of the molecule is COc1ccc(C2=NN(C(C)=O)[C@@H](c3cc4ccccc4nc3Cl)C2)cc1OC. The number of hydrogen-bond acceptors (Lipinski definition) is 5. The number of carbonyl (C=O) groups excluding carboxylic acids is 1.